The summed E-state index contributed by atoms with van der Waals surface area (Å²) in [6.07, 6.45) is -2.36. The van der Waals surface area contributed by atoms with Crippen LogP contribution in [-0.4, -0.2) is 21.7 Å². The number of nitrogens with zero attached hydrogens (tertiary/aromatic N) is 2. The minimum atomic E-state index is -4.48. The first-order valence-corrected chi connectivity index (χ1v) is 7.95. The number of nitrogens with one attached hydrogen (secondary N) is 1. The zero-order chi connectivity index (χ0) is 19.8. The van der Waals surface area contributed by atoms with Crippen LogP contribution in [0.1, 0.15) is 26.3 Å². The summed E-state index contributed by atoms with van der Waals surface area (Å²) in [6.45, 7) is 5.15. The maximum Gasteiger partial charge on any atom is 0.416 e. The SMILES string of the molecule is CC(C)(C)OC(=O)Nc1cnccc1-c1nc2cc(C(F)(F)F)ccc2o1. The Morgan fingerprint density at radius 3 is 2.59 bits per heavy atom. The fourth-order valence-electron chi connectivity index (χ4n) is 2.31. The van der Waals surface area contributed by atoms with Crippen LogP contribution in [0.25, 0.3) is 22.6 Å². The molecule has 1 amide bonds. The van der Waals surface area contributed by atoms with Gasteiger partial charge in [-0.15, -0.1) is 0 Å². The van der Waals surface area contributed by atoms with Gasteiger partial charge in [0.05, 0.1) is 23.0 Å². The molecule has 0 saturated heterocycles. The van der Waals surface area contributed by atoms with E-state index >= 15 is 0 Å². The van der Waals surface area contributed by atoms with Gasteiger partial charge in [-0.2, -0.15) is 13.2 Å². The van der Waals surface area contributed by atoms with Crippen LogP contribution in [0.4, 0.5) is 23.7 Å². The molecule has 142 valence electrons. The van der Waals surface area contributed by atoms with Crippen molar-refractivity contribution in [1.82, 2.24) is 9.97 Å². The lowest BCUT2D eigenvalue weighted by molar-refractivity contribution is -0.137. The van der Waals surface area contributed by atoms with Crippen LogP contribution >= 0.6 is 0 Å². The van der Waals surface area contributed by atoms with Crippen molar-refractivity contribution in [2.24, 2.45) is 0 Å². The van der Waals surface area contributed by atoms with Gasteiger partial charge in [-0.1, -0.05) is 0 Å². The molecule has 0 spiro atoms. The fourth-order valence-corrected chi connectivity index (χ4v) is 2.31. The van der Waals surface area contributed by atoms with E-state index in [0.29, 0.717) is 5.56 Å². The van der Waals surface area contributed by atoms with E-state index in [9.17, 15) is 18.0 Å². The van der Waals surface area contributed by atoms with E-state index in [1.165, 1.54) is 24.5 Å². The maximum atomic E-state index is 12.9. The van der Waals surface area contributed by atoms with Crippen LogP contribution in [0.2, 0.25) is 0 Å². The number of carbonyl (C=O) groups excluding carboxylic acids is 1. The Morgan fingerprint density at radius 2 is 1.93 bits per heavy atom. The Bertz CT molecular complexity index is 991. The second kappa shape index (κ2) is 6.57. The van der Waals surface area contributed by atoms with Crippen molar-refractivity contribution < 1.29 is 27.1 Å². The number of pyridine rings is 1. The molecule has 0 unspecified atom stereocenters. The van der Waals surface area contributed by atoms with Crippen molar-refractivity contribution in [3.8, 4) is 11.5 Å². The number of hydrogen-bond donors (Lipinski definition) is 1. The second-order valence-electron chi connectivity index (χ2n) is 6.75. The van der Waals surface area contributed by atoms with Gasteiger partial charge in [0.25, 0.3) is 0 Å². The molecule has 0 saturated carbocycles. The average molecular weight is 379 g/mol. The summed E-state index contributed by atoms with van der Waals surface area (Å²) in [5.74, 6) is 0.0535. The number of carbonyl (C=O) groups is 1. The van der Waals surface area contributed by atoms with Crippen LogP contribution in [0.3, 0.4) is 0 Å². The van der Waals surface area contributed by atoms with Crippen molar-refractivity contribution in [3.05, 3.63) is 42.2 Å². The largest absolute Gasteiger partial charge is 0.444 e. The number of halogens is 3. The number of anilines is 1. The maximum absolute atomic E-state index is 12.9. The molecule has 0 aliphatic carbocycles. The molecule has 2 heterocycles. The number of oxazole rings is 1. The monoisotopic (exact) mass is 379 g/mol. The first kappa shape index (κ1) is 18.7. The lowest BCUT2D eigenvalue weighted by atomic mass is 10.2. The summed E-state index contributed by atoms with van der Waals surface area (Å²) < 4.78 is 49.3. The summed E-state index contributed by atoms with van der Waals surface area (Å²) in [5, 5.41) is 2.54. The minimum absolute atomic E-state index is 0.0535. The molecule has 0 aliphatic rings. The summed E-state index contributed by atoms with van der Waals surface area (Å²) in [5.41, 5.74) is -0.650. The smallest absolute Gasteiger partial charge is 0.416 e. The molecule has 0 aliphatic heterocycles. The van der Waals surface area contributed by atoms with Gasteiger partial charge >= 0.3 is 12.3 Å². The zero-order valence-corrected chi connectivity index (χ0v) is 14.7. The Labute approximate surface area is 152 Å². The van der Waals surface area contributed by atoms with Gasteiger partial charge in [-0.3, -0.25) is 10.3 Å². The highest BCUT2D eigenvalue weighted by Gasteiger charge is 2.31. The summed E-state index contributed by atoms with van der Waals surface area (Å²) >= 11 is 0. The van der Waals surface area contributed by atoms with Gasteiger partial charge in [0, 0.05) is 6.20 Å². The number of amides is 1. The van der Waals surface area contributed by atoms with Gasteiger partial charge in [-0.05, 0) is 45.0 Å². The van der Waals surface area contributed by atoms with Crippen LogP contribution in [-0.2, 0) is 10.9 Å². The number of alkyl halides is 3. The first-order valence-electron chi connectivity index (χ1n) is 7.95. The van der Waals surface area contributed by atoms with E-state index in [0.717, 1.165) is 12.1 Å². The molecule has 27 heavy (non-hydrogen) atoms. The van der Waals surface area contributed by atoms with Crippen molar-refractivity contribution in [2.75, 3.05) is 5.32 Å². The lowest BCUT2D eigenvalue weighted by Crippen LogP contribution is -2.27. The van der Waals surface area contributed by atoms with E-state index in [2.05, 4.69) is 15.3 Å². The second-order valence-corrected chi connectivity index (χ2v) is 6.75. The van der Waals surface area contributed by atoms with Gasteiger partial charge in [-0.25, -0.2) is 9.78 Å². The van der Waals surface area contributed by atoms with Gasteiger partial charge in [0.1, 0.15) is 11.1 Å². The third kappa shape index (κ3) is 4.36. The Balaban J connectivity index is 1.96. The highest BCUT2D eigenvalue weighted by molar-refractivity contribution is 5.90. The summed E-state index contributed by atoms with van der Waals surface area (Å²) in [4.78, 5) is 20.0. The Kier molecular flexibility index (Phi) is 4.54. The molecule has 3 aromatic rings. The molecule has 1 N–H and O–H groups in total. The summed E-state index contributed by atoms with van der Waals surface area (Å²) in [7, 11) is 0. The highest BCUT2D eigenvalue weighted by Crippen LogP contribution is 2.34. The third-order valence-electron chi connectivity index (χ3n) is 3.40. The minimum Gasteiger partial charge on any atom is -0.444 e. The van der Waals surface area contributed by atoms with Gasteiger partial charge < -0.3 is 9.15 Å². The van der Waals surface area contributed by atoms with E-state index in [4.69, 9.17) is 9.15 Å². The predicted molar refractivity (Wildman–Crippen MR) is 92.1 cm³/mol. The van der Waals surface area contributed by atoms with Crippen molar-refractivity contribution in [1.29, 1.82) is 0 Å². The van der Waals surface area contributed by atoms with Crippen molar-refractivity contribution in [2.45, 2.75) is 32.5 Å². The topological polar surface area (TPSA) is 77.2 Å². The highest BCUT2D eigenvalue weighted by atomic mass is 19.4. The molecule has 0 radical (unpaired) electrons. The Morgan fingerprint density at radius 1 is 1.19 bits per heavy atom. The molecule has 9 heteroatoms. The number of ether oxygens (including phenoxy) is 1. The van der Waals surface area contributed by atoms with E-state index < -0.39 is 23.4 Å². The van der Waals surface area contributed by atoms with E-state index in [-0.39, 0.29) is 22.7 Å². The quantitative estimate of drug-likeness (QED) is 0.658. The van der Waals surface area contributed by atoms with Gasteiger partial charge in [0.2, 0.25) is 5.89 Å². The van der Waals surface area contributed by atoms with Crippen LogP contribution in [0, 0.1) is 0 Å². The van der Waals surface area contributed by atoms with Crippen LogP contribution < -0.4 is 5.32 Å². The first-order chi connectivity index (χ1) is 12.5. The van der Waals surface area contributed by atoms with E-state index in [1.54, 1.807) is 20.8 Å². The fraction of sp³-hybridized carbons (Fsp3) is 0.278. The molecular formula is C18H16F3N3O3. The predicted octanol–water partition coefficient (Wildman–Crippen LogP) is 5.26. The number of hydrogen-bond acceptors (Lipinski definition) is 5. The molecule has 3 rings (SSSR count). The molecule has 6 nitrogen and oxygen atoms in total. The Hall–Kier alpha value is -3.10. The van der Waals surface area contributed by atoms with E-state index in [1.807, 2.05) is 0 Å². The number of aromatic nitrogens is 2. The van der Waals surface area contributed by atoms with Crippen molar-refractivity contribution in [3.63, 3.8) is 0 Å². The zero-order valence-electron chi connectivity index (χ0n) is 14.7. The van der Waals surface area contributed by atoms with Crippen LogP contribution in [0.5, 0.6) is 0 Å². The molecule has 1 aromatic carbocycles. The molecule has 0 fully saturated rings. The standard InChI is InChI=1S/C18H16F3N3O3/c1-17(2,3)27-16(25)24-13-9-22-7-6-11(13)15-23-12-8-10(18(19,20)21)4-5-14(12)26-15/h4-9H,1-3H3,(H,24,25). The third-order valence-corrected chi connectivity index (χ3v) is 3.40. The summed E-state index contributed by atoms with van der Waals surface area (Å²) in [6, 6.07) is 4.56. The number of benzene rings is 1. The lowest BCUT2D eigenvalue weighted by Gasteiger charge is -2.20. The van der Waals surface area contributed by atoms with Crippen LogP contribution in [0.15, 0.2) is 41.1 Å². The average Bonchev–Trinajstić information content (AvgIpc) is 2.95. The molecule has 0 atom stereocenters. The number of rotatable bonds is 2. The molecule has 2 aromatic heterocycles. The normalized spacial score (nSPS) is 12.2. The van der Waals surface area contributed by atoms with Crippen molar-refractivity contribution >= 4 is 22.9 Å². The molecular weight excluding hydrogens is 363 g/mol. The molecule has 0 bridgehead atoms. The van der Waals surface area contributed by atoms with Gasteiger partial charge in [0.15, 0.2) is 5.58 Å². The number of fused-ring (bicyclic) bond motifs is 1.